The van der Waals surface area contributed by atoms with E-state index in [2.05, 4.69) is 55.3 Å². The first-order valence-corrected chi connectivity index (χ1v) is 14.1. The second-order valence-corrected chi connectivity index (χ2v) is 11.7. The fourth-order valence-electron chi connectivity index (χ4n) is 4.70. The number of methoxy groups -OCH3 is 1. The molecule has 0 aromatic heterocycles. The van der Waals surface area contributed by atoms with E-state index in [1.54, 1.807) is 48.0 Å². The number of nitrogens with zero attached hydrogens (tertiary/aromatic N) is 2. The van der Waals surface area contributed by atoms with Crippen molar-refractivity contribution < 1.29 is 19.1 Å². The van der Waals surface area contributed by atoms with Gasteiger partial charge in [0.05, 0.1) is 20.3 Å². The molecule has 2 unspecified atom stereocenters. The lowest BCUT2D eigenvalue weighted by atomic mass is 9.86. The van der Waals surface area contributed by atoms with E-state index in [1.807, 2.05) is 0 Å². The lowest BCUT2D eigenvalue weighted by Crippen LogP contribution is -2.48. The van der Waals surface area contributed by atoms with Gasteiger partial charge < -0.3 is 19.7 Å². The molecule has 37 heavy (non-hydrogen) atoms. The van der Waals surface area contributed by atoms with Crippen LogP contribution >= 0.6 is 11.8 Å². The Kier molecular flexibility index (Phi) is 9.16. The fourth-order valence-corrected chi connectivity index (χ4v) is 6.13. The highest BCUT2D eigenvalue weighted by Gasteiger charge is 2.42. The summed E-state index contributed by atoms with van der Waals surface area (Å²) in [5.41, 5.74) is 2.86. The third kappa shape index (κ3) is 6.86. The van der Waals surface area contributed by atoms with Crippen LogP contribution in [0.2, 0.25) is 0 Å². The van der Waals surface area contributed by atoms with Crippen molar-refractivity contribution in [1.29, 1.82) is 0 Å². The van der Waals surface area contributed by atoms with Crippen LogP contribution in [0.15, 0.2) is 48.5 Å². The van der Waals surface area contributed by atoms with E-state index in [9.17, 15) is 9.59 Å². The molecule has 2 saturated heterocycles. The molecule has 0 bridgehead atoms. The number of morpholine rings is 1. The summed E-state index contributed by atoms with van der Waals surface area (Å²) < 4.78 is 10.7. The van der Waals surface area contributed by atoms with E-state index in [1.165, 1.54) is 5.56 Å². The third-order valence-corrected chi connectivity index (χ3v) is 8.31. The third-order valence-electron chi connectivity index (χ3n) is 6.99. The average molecular weight is 526 g/mol. The Morgan fingerprint density at radius 1 is 1.05 bits per heavy atom. The first kappa shape index (κ1) is 27.5. The largest absolute Gasteiger partial charge is 0.497 e. The zero-order valence-corrected chi connectivity index (χ0v) is 23.2. The number of nitrogens with one attached hydrogen (secondary N) is 1. The zero-order valence-electron chi connectivity index (χ0n) is 22.4. The fraction of sp³-hybridized carbons (Fsp3) is 0.517. The minimum Gasteiger partial charge on any atom is -0.497 e. The van der Waals surface area contributed by atoms with Crippen molar-refractivity contribution in [2.75, 3.05) is 52.3 Å². The van der Waals surface area contributed by atoms with Crippen LogP contribution in [0.1, 0.15) is 54.1 Å². The maximum absolute atomic E-state index is 13.8. The molecule has 1 N–H and O–H groups in total. The number of hydrogen-bond acceptors (Lipinski definition) is 6. The topological polar surface area (TPSA) is 71.1 Å². The van der Waals surface area contributed by atoms with Crippen LogP contribution in [0, 0.1) is 0 Å². The Bertz CT molecular complexity index is 1050. The summed E-state index contributed by atoms with van der Waals surface area (Å²) in [6.45, 7) is 11.5. The molecule has 2 heterocycles. The number of benzene rings is 2. The number of carbonyl (C=O) groups is 2. The lowest BCUT2D eigenvalue weighted by Gasteiger charge is -2.30. The molecule has 200 valence electrons. The van der Waals surface area contributed by atoms with Crippen molar-refractivity contribution in [2.24, 2.45) is 0 Å². The molecule has 0 radical (unpaired) electrons. The second-order valence-electron chi connectivity index (χ2n) is 10.6. The molecule has 4 rings (SSSR count). The van der Waals surface area contributed by atoms with Crippen LogP contribution in [0.25, 0.3) is 0 Å². The molecule has 2 aromatic carbocycles. The summed E-state index contributed by atoms with van der Waals surface area (Å²) in [7, 11) is 1.60. The number of amides is 2. The van der Waals surface area contributed by atoms with Crippen molar-refractivity contribution in [3.63, 3.8) is 0 Å². The molecule has 2 amide bonds. The quantitative estimate of drug-likeness (QED) is 0.524. The molecule has 0 saturated carbocycles. The smallest absolute Gasteiger partial charge is 0.255 e. The normalized spacial score (nSPS) is 20.6. The number of rotatable bonds is 8. The van der Waals surface area contributed by atoms with Crippen molar-refractivity contribution >= 4 is 23.6 Å². The highest BCUT2D eigenvalue weighted by molar-refractivity contribution is 7.99. The van der Waals surface area contributed by atoms with Gasteiger partial charge in [-0.25, -0.2) is 0 Å². The summed E-state index contributed by atoms with van der Waals surface area (Å²) in [6.07, 6.45) is 0.871. The molecule has 2 aliphatic rings. The molecule has 0 spiro atoms. The summed E-state index contributed by atoms with van der Waals surface area (Å²) >= 11 is 1.64. The summed E-state index contributed by atoms with van der Waals surface area (Å²) in [5.74, 6) is 1.01. The highest BCUT2D eigenvalue weighted by Crippen LogP contribution is 2.43. The van der Waals surface area contributed by atoms with Crippen molar-refractivity contribution in [3.05, 3.63) is 65.2 Å². The summed E-state index contributed by atoms with van der Waals surface area (Å²) in [6, 6.07) is 15.0. The predicted octanol–water partition coefficient (Wildman–Crippen LogP) is 4.09. The average Bonchev–Trinajstić information content (AvgIpc) is 3.36. The summed E-state index contributed by atoms with van der Waals surface area (Å²) in [5, 5.41) is 2.87. The van der Waals surface area contributed by atoms with Gasteiger partial charge in [-0.3, -0.25) is 14.5 Å². The van der Waals surface area contributed by atoms with Gasteiger partial charge >= 0.3 is 0 Å². The number of hydrogen-bond donors (Lipinski definition) is 1. The Morgan fingerprint density at radius 2 is 1.73 bits per heavy atom. The Morgan fingerprint density at radius 3 is 2.35 bits per heavy atom. The Labute approximate surface area is 224 Å². The lowest BCUT2D eigenvalue weighted by molar-refractivity contribution is -0.124. The van der Waals surface area contributed by atoms with E-state index < -0.39 is 6.04 Å². The molecule has 2 atom stereocenters. The van der Waals surface area contributed by atoms with Crippen molar-refractivity contribution in [1.82, 2.24) is 15.1 Å². The molecular weight excluding hydrogens is 486 g/mol. The van der Waals surface area contributed by atoms with Gasteiger partial charge in [-0.2, -0.15) is 0 Å². The number of ether oxygens (including phenoxy) is 2. The van der Waals surface area contributed by atoms with Crippen LogP contribution in [0.5, 0.6) is 5.75 Å². The first-order valence-electron chi connectivity index (χ1n) is 13.0. The minimum absolute atomic E-state index is 0.0452. The SMILES string of the molecule is COc1ccc(C(=O)N2C(C(=O)NCCCN3CCOCC3)CSC2c2ccc(C(C)(C)C)cc2)cc1. The van der Waals surface area contributed by atoms with Crippen molar-refractivity contribution in [2.45, 2.75) is 44.0 Å². The van der Waals surface area contributed by atoms with Gasteiger partial charge in [0.25, 0.3) is 5.91 Å². The van der Waals surface area contributed by atoms with E-state index in [0.29, 0.717) is 23.6 Å². The number of carbonyl (C=O) groups excluding carboxylic acids is 2. The van der Waals surface area contributed by atoms with Crippen molar-refractivity contribution in [3.8, 4) is 5.75 Å². The van der Waals surface area contributed by atoms with Gasteiger partial charge in [0, 0.05) is 31.0 Å². The standard InChI is InChI=1S/C29H39N3O4S/c1-29(2,3)23-10-6-22(7-11-23)28-32(27(34)21-8-12-24(35-4)13-9-21)25(20-37-28)26(33)30-14-5-15-31-16-18-36-19-17-31/h6-13,25,28H,5,14-20H2,1-4H3,(H,30,33). The van der Waals surface area contributed by atoms with Gasteiger partial charge in [-0.05, 0) is 53.8 Å². The molecule has 7 nitrogen and oxygen atoms in total. The van der Waals surface area contributed by atoms with Crippen LogP contribution in [-0.2, 0) is 14.9 Å². The Balaban J connectivity index is 1.49. The van der Waals surface area contributed by atoms with Gasteiger partial charge in [-0.1, -0.05) is 45.0 Å². The van der Waals surface area contributed by atoms with Crippen LogP contribution in [0.4, 0.5) is 0 Å². The van der Waals surface area contributed by atoms with E-state index in [0.717, 1.165) is 44.8 Å². The highest BCUT2D eigenvalue weighted by atomic mass is 32.2. The summed E-state index contributed by atoms with van der Waals surface area (Å²) in [4.78, 5) is 31.2. The zero-order chi connectivity index (χ0) is 26.4. The van der Waals surface area contributed by atoms with Crippen LogP contribution in [-0.4, -0.2) is 79.9 Å². The van der Waals surface area contributed by atoms with Gasteiger partial charge in [-0.15, -0.1) is 11.8 Å². The molecule has 0 aliphatic carbocycles. The van der Waals surface area contributed by atoms with Crippen LogP contribution < -0.4 is 10.1 Å². The maximum Gasteiger partial charge on any atom is 0.255 e. The predicted molar refractivity (Wildman–Crippen MR) is 148 cm³/mol. The Hall–Kier alpha value is -2.55. The molecule has 2 aromatic rings. The molecule has 2 aliphatic heterocycles. The maximum atomic E-state index is 13.8. The van der Waals surface area contributed by atoms with Gasteiger partial charge in [0.15, 0.2) is 0 Å². The molecule has 2 fully saturated rings. The monoisotopic (exact) mass is 525 g/mol. The molecule has 8 heteroatoms. The van der Waals surface area contributed by atoms with Gasteiger partial charge in [0.1, 0.15) is 17.2 Å². The van der Waals surface area contributed by atoms with E-state index in [-0.39, 0.29) is 22.6 Å². The number of thioether (sulfide) groups is 1. The molecular formula is C29H39N3O4S. The van der Waals surface area contributed by atoms with Gasteiger partial charge in [0.2, 0.25) is 5.91 Å². The van der Waals surface area contributed by atoms with E-state index in [4.69, 9.17) is 9.47 Å². The minimum atomic E-state index is -0.532. The van der Waals surface area contributed by atoms with E-state index >= 15 is 0 Å². The van der Waals surface area contributed by atoms with Crippen LogP contribution in [0.3, 0.4) is 0 Å². The first-order chi connectivity index (χ1) is 17.8. The second kappa shape index (κ2) is 12.3.